The average Bonchev–Trinajstić information content (AvgIpc) is 2.48. The van der Waals surface area contributed by atoms with Crippen molar-refractivity contribution in [3.8, 4) is 0 Å². The zero-order valence-corrected chi connectivity index (χ0v) is 13.9. The van der Waals surface area contributed by atoms with Gasteiger partial charge in [0.25, 0.3) is 0 Å². The highest BCUT2D eigenvalue weighted by Crippen LogP contribution is 2.31. The minimum Gasteiger partial charge on any atom is -0.380 e. The van der Waals surface area contributed by atoms with Gasteiger partial charge < -0.3 is 10.1 Å². The number of rotatable bonds is 6. The van der Waals surface area contributed by atoms with E-state index in [1.807, 2.05) is 12.1 Å². The van der Waals surface area contributed by atoms with Gasteiger partial charge in [-0.1, -0.05) is 59.1 Å². The van der Waals surface area contributed by atoms with Crippen LogP contribution in [0.15, 0.2) is 36.4 Å². The van der Waals surface area contributed by atoms with E-state index in [2.05, 4.69) is 17.4 Å². The highest BCUT2D eigenvalue weighted by molar-refractivity contribution is 6.44. The molecule has 0 spiro atoms. The Labute approximate surface area is 140 Å². The van der Waals surface area contributed by atoms with Crippen molar-refractivity contribution in [1.82, 2.24) is 5.32 Å². The molecule has 5 heteroatoms. The predicted octanol–water partition coefficient (Wildman–Crippen LogP) is 5.08. The molecule has 0 amide bonds. The van der Waals surface area contributed by atoms with Gasteiger partial charge in [-0.3, -0.25) is 0 Å². The van der Waals surface area contributed by atoms with Crippen molar-refractivity contribution >= 4 is 34.8 Å². The summed E-state index contributed by atoms with van der Waals surface area (Å²) < 4.78 is 5.13. The molecule has 0 radical (unpaired) electrons. The zero-order valence-electron chi connectivity index (χ0n) is 11.6. The average molecular weight is 345 g/mol. The maximum Gasteiger partial charge on any atom is 0.0713 e. The second kappa shape index (κ2) is 8.02. The molecule has 0 fully saturated rings. The molecule has 0 aliphatic carbocycles. The van der Waals surface area contributed by atoms with Gasteiger partial charge in [-0.25, -0.2) is 0 Å². The quantitative estimate of drug-likeness (QED) is 0.738. The lowest BCUT2D eigenvalue weighted by Gasteiger charge is -2.10. The lowest BCUT2D eigenvalue weighted by Crippen LogP contribution is -2.13. The molecule has 0 heterocycles. The first-order valence-corrected chi connectivity index (χ1v) is 7.65. The van der Waals surface area contributed by atoms with Crippen LogP contribution in [0.1, 0.15) is 16.7 Å². The van der Waals surface area contributed by atoms with Crippen molar-refractivity contribution in [3.05, 3.63) is 68.2 Å². The van der Waals surface area contributed by atoms with Crippen molar-refractivity contribution in [3.63, 3.8) is 0 Å². The van der Waals surface area contributed by atoms with Crippen LogP contribution in [0.2, 0.25) is 15.1 Å². The Bertz CT molecular complexity index is 616. The summed E-state index contributed by atoms with van der Waals surface area (Å²) in [6, 6.07) is 11.7. The van der Waals surface area contributed by atoms with Crippen molar-refractivity contribution in [2.45, 2.75) is 19.7 Å². The minimum absolute atomic E-state index is 0.504. The second-order valence-electron chi connectivity index (χ2n) is 4.68. The highest BCUT2D eigenvalue weighted by atomic mass is 35.5. The van der Waals surface area contributed by atoms with E-state index >= 15 is 0 Å². The summed E-state index contributed by atoms with van der Waals surface area (Å²) in [6.45, 7) is 1.89. The Morgan fingerprint density at radius 3 is 2.43 bits per heavy atom. The topological polar surface area (TPSA) is 21.3 Å². The molecule has 2 aromatic rings. The SMILES string of the molecule is COCc1cccc(CNCc2c(Cl)ccc(Cl)c2Cl)c1. The van der Waals surface area contributed by atoms with Crippen molar-refractivity contribution < 1.29 is 4.74 Å². The van der Waals surface area contributed by atoms with Gasteiger partial charge in [0.1, 0.15) is 0 Å². The summed E-state index contributed by atoms with van der Waals surface area (Å²) in [7, 11) is 1.69. The van der Waals surface area contributed by atoms with Crippen LogP contribution >= 0.6 is 34.8 Å². The van der Waals surface area contributed by atoms with E-state index < -0.39 is 0 Å². The Morgan fingerprint density at radius 2 is 1.67 bits per heavy atom. The first-order chi connectivity index (χ1) is 10.1. The maximum atomic E-state index is 6.17. The van der Waals surface area contributed by atoms with E-state index in [-0.39, 0.29) is 0 Å². The highest BCUT2D eigenvalue weighted by Gasteiger charge is 2.09. The number of hydrogen-bond acceptors (Lipinski definition) is 2. The molecule has 0 saturated heterocycles. The first-order valence-electron chi connectivity index (χ1n) is 6.51. The molecule has 2 aromatic carbocycles. The number of halogens is 3. The predicted molar refractivity (Wildman–Crippen MR) is 89.2 cm³/mol. The molecule has 2 nitrogen and oxygen atoms in total. The summed E-state index contributed by atoms with van der Waals surface area (Å²) in [5.74, 6) is 0. The largest absolute Gasteiger partial charge is 0.380 e. The molecule has 2 rings (SSSR count). The van der Waals surface area contributed by atoms with E-state index in [9.17, 15) is 0 Å². The van der Waals surface area contributed by atoms with Gasteiger partial charge in [-0.05, 0) is 23.3 Å². The zero-order chi connectivity index (χ0) is 15.2. The fourth-order valence-electron chi connectivity index (χ4n) is 2.06. The molecule has 1 N–H and O–H groups in total. The van der Waals surface area contributed by atoms with Crippen LogP contribution < -0.4 is 5.32 Å². The minimum atomic E-state index is 0.504. The number of nitrogens with one attached hydrogen (secondary N) is 1. The Balaban J connectivity index is 1.99. The molecule has 0 aliphatic heterocycles. The van der Waals surface area contributed by atoms with Gasteiger partial charge in [0.2, 0.25) is 0 Å². The van der Waals surface area contributed by atoms with Crippen molar-refractivity contribution in [2.75, 3.05) is 7.11 Å². The van der Waals surface area contributed by atoms with Gasteiger partial charge in [0, 0.05) is 30.8 Å². The third kappa shape index (κ3) is 4.60. The van der Waals surface area contributed by atoms with E-state index in [1.165, 1.54) is 5.56 Å². The molecule has 0 bridgehead atoms. The number of benzene rings is 2. The van der Waals surface area contributed by atoms with Gasteiger partial charge in [0.05, 0.1) is 16.7 Å². The van der Waals surface area contributed by atoms with Crippen LogP contribution in [0.4, 0.5) is 0 Å². The molecule has 21 heavy (non-hydrogen) atoms. The molecule has 0 aliphatic rings. The molecule has 0 saturated carbocycles. The van der Waals surface area contributed by atoms with E-state index in [4.69, 9.17) is 39.5 Å². The van der Waals surface area contributed by atoms with Crippen LogP contribution in [-0.4, -0.2) is 7.11 Å². The number of ether oxygens (including phenoxy) is 1. The van der Waals surface area contributed by atoms with Crippen LogP contribution in [0.5, 0.6) is 0 Å². The summed E-state index contributed by atoms with van der Waals surface area (Å²) in [6.07, 6.45) is 0. The van der Waals surface area contributed by atoms with Gasteiger partial charge in [0.15, 0.2) is 0 Å². The molecular formula is C16H16Cl3NO. The fraction of sp³-hybridized carbons (Fsp3) is 0.250. The third-order valence-corrected chi connectivity index (χ3v) is 4.27. The normalized spacial score (nSPS) is 10.9. The third-order valence-electron chi connectivity index (χ3n) is 3.07. The molecule has 0 atom stereocenters. The molecular weight excluding hydrogens is 329 g/mol. The van der Waals surface area contributed by atoms with Crippen LogP contribution in [0, 0.1) is 0 Å². The van der Waals surface area contributed by atoms with E-state index in [0.29, 0.717) is 28.2 Å². The Hall–Kier alpha value is -0.770. The lowest BCUT2D eigenvalue weighted by molar-refractivity contribution is 0.185. The summed E-state index contributed by atoms with van der Waals surface area (Å²) >= 11 is 18.3. The molecule has 0 aromatic heterocycles. The van der Waals surface area contributed by atoms with E-state index in [0.717, 1.165) is 17.7 Å². The second-order valence-corrected chi connectivity index (χ2v) is 5.87. The Morgan fingerprint density at radius 1 is 0.952 bits per heavy atom. The number of hydrogen-bond donors (Lipinski definition) is 1. The standard InChI is InChI=1S/C16H16Cl3NO/c1-21-10-12-4-2-3-11(7-12)8-20-9-13-14(17)5-6-15(18)16(13)19/h2-7,20H,8-10H2,1H3. The van der Waals surface area contributed by atoms with Gasteiger partial charge in [-0.15, -0.1) is 0 Å². The number of methoxy groups -OCH3 is 1. The molecule has 112 valence electrons. The summed E-state index contributed by atoms with van der Waals surface area (Å²) in [4.78, 5) is 0. The summed E-state index contributed by atoms with van der Waals surface area (Å²) in [5, 5.41) is 4.96. The van der Waals surface area contributed by atoms with Crippen molar-refractivity contribution in [1.29, 1.82) is 0 Å². The monoisotopic (exact) mass is 343 g/mol. The smallest absolute Gasteiger partial charge is 0.0713 e. The van der Waals surface area contributed by atoms with Crippen LogP contribution in [-0.2, 0) is 24.4 Å². The molecule has 0 unspecified atom stereocenters. The van der Waals surface area contributed by atoms with Crippen molar-refractivity contribution in [2.24, 2.45) is 0 Å². The Kier molecular flexibility index (Phi) is 6.34. The first kappa shape index (κ1) is 16.6. The van der Waals surface area contributed by atoms with Gasteiger partial charge >= 0.3 is 0 Å². The van der Waals surface area contributed by atoms with E-state index in [1.54, 1.807) is 19.2 Å². The van der Waals surface area contributed by atoms with Crippen LogP contribution in [0.25, 0.3) is 0 Å². The lowest BCUT2D eigenvalue weighted by atomic mass is 10.1. The fourth-order valence-corrected chi connectivity index (χ4v) is 2.74. The van der Waals surface area contributed by atoms with Crippen LogP contribution in [0.3, 0.4) is 0 Å². The van der Waals surface area contributed by atoms with Gasteiger partial charge in [-0.2, -0.15) is 0 Å². The maximum absolute atomic E-state index is 6.17. The summed E-state index contributed by atoms with van der Waals surface area (Å²) in [5.41, 5.74) is 3.15.